The summed E-state index contributed by atoms with van der Waals surface area (Å²) in [5.74, 6) is 0.926. The van der Waals surface area contributed by atoms with Gasteiger partial charge in [-0.15, -0.1) is 0 Å². The van der Waals surface area contributed by atoms with Gasteiger partial charge in [0.15, 0.2) is 11.5 Å². The van der Waals surface area contributed by atoms with E-state index in [1.165, 1.54) is 4.90 Å². The number of fused-ring (bicyclic) bond motifs is 1. The molecular weight excluding hydrogens is 514 g/mol. The molecule has 0 saturated carbocycles. The summed E-state index contributed by atoms with van der Waals surface area (Å²) in [5.41, 5.74) is 1.83. The highest BCUT2D eigenvalue weighted by atomic mass is 79.9. The zero-order valence-corrected chi connectivity index (χ0v) is 21.7. The van der Waals surface area contributed by atoms with Gasteiger partial charge in [0, 0.05) is 10.5 Å². The van der Waals surface area contributed by atoms with Gasteiger partial charge in [0.05, 0.1) is 11.5 Å². The van der Waals surface area contributed by atoms with Crippen molar-refractivity contribution < 1.29 is 19.1 Å². The summed E-state index contributed by atoms with van der Waals surface area (Å²) in [6.45, 7) is 6.61. The molecule has 4 rings (SSSR count). The molecule has 2 amide bonds. The van der Waals surface area contributed by atoms with Gasteiger partial charge < -0.3 is 9.47 Å². The lowest BCUT2D eigenvalue weighted by molar-refractivity contribution is -0.124. The molecule has 3 aromatic carbocycles. The van der Waals surface area contributed by atoms with Gasteiger partial charge in [-0.3, -0.25) is 14.5 Å². The maximum absolute atomic E-state index is 12.8. The summed E-state index contributed by atoms with van der Waals surface area (Å²) >= 11 is 4.57. The van der Waals surface area contributed by atoms with Crippen LogP contribution in [0.25, 0.3) is 16.8 Å². The Morgan fingerprint density at radius 1 is 1.03 bits per heavy atom. The number of carbonyl (C=O) groups is 2. The smallest absolute Gasteiger partial charge is 0.293 e. The molecule has 0 bridgehead atoms. The Balaban J connectivity index is 1.61. The minimum atomic E-state index is -0.259. The monoisotopic (exact) mass is 539 g/mol. The van der Waals surface area contributed by atoms with E-state index in [4.69, 9.17) is 9.47 Å². The predicted molar refractivity (Wildman–Crippen MR) is 141 cm³/mol. The van der Waals surface area contributed by atoms with E-state index in [-0.39, 0.29) is 17.2 Å². The number of ether oxygens (including phenoxy) is 2. The molecule has 34 heavy (non-hydrogen) atoms. The molecule has 1 saturated heterocycles. The van der Waals surface area contributed by atoms with E-state index in [0.717, 1.165) is 38.1 Å². The Morgan fingerprint density at radius 3 is 2.53 bits per heavy atom. The Bertz CT molecular complexity index is 1270. The zero-order chi connectivity index (χ0) is 24.2. The van der Waals surface area contributed by atoms with Crippen molar-refractivity contribution in [2.75, 3.05) is 6.61 Å². The standard InChI is InChI=1S/C27H26BrNO4S/c1-4-17(3)29-26(30)25(34-27(29)31)14-20-13-23(32-5-2)24(15-22(20)28)33-16-19-11-8-10-18-9-6-7-12-21(18)19/h6-15,17H,4-5,16H2,1-3H3/b25-14+/t17-/m0/s1. The topological polar surface area (TPSA) is 55.8 Å². The molecule has 1 heterocycles. The third-order valence-electron chi connectivity index (χ3n) is 5.77. The van der Waals surface area contributed by atoms with Crippen molar-refractivity contribution in [1.29, 1.82) is 0 Å². The number of halogens is 1. The Kier molecular flexibility index (Phi) is 7.63. The maximum Gasteiger partial charge on any atom is 0.293 e. The summed E-state index contributed by atoms with van der Waals surface area (Å²) in [6.07, 6.45) is 2.45. The zero-order valence-electron chi connectivity index (χ0n) is 19.3. The highest BCUT2D eigenvalue weighted by molar-refractivity contribution is 9.10. The summed E-state index contributed by atoms with van der Waals surface area (Å²) in [4.78, 5) is 26.9. The molecule has 1 aliphatic heterocycles. The fourth-order valence-corrected chi connectivity index (χ4v) is 5.16. The number of carbonyl (C=O) groups excluding carboxylic acids is 2. The summed E-state index contributed by atoms with van der Waals surface area (Å²) in [6, 6.07) is 17.9. The van der Waals surface area contributed by atoms with Crippen LogP contribution in [0.5, 0.6) is 11.5 Å². The molecule has 0 aliphatic carbocycles. The van der Waals surface area contributed by atoms with Gasteiger partial charge in [0.1, 0.15) is 6.61 Å². The van der Waals surface area contributed by atoms with E-state index < -0.39 is 0 Å². The number of thioether (sulfide) groups is 1. The van der Waals surface area contributed by atoms with Crippen LogP contribution in [-0.4, -0.2) is 28.7 Å². The Morgan fingerprint density at radius 2 is 1.76 bits per heavy atom. The molecule has 5 nitrogen and oxygen atoms in total. The SMILES string of the molecule is CCOc1cc(/C=C2/SC(=O)N([C@@H](C)CC)C2=O)c(Br)cc1OCc1cccc2ccccc12. The first kappa shape index (κ1) is 24.4. The molecule has 0 aromatic heterocycles. The fourth-order valence-electron chi connectivity index (χ4n) is 3.80. The molecule has 7 heteroatoms. The van der Waals surface area contributed by atoms with E-state index in [2.05, 4.69) is 40.2 Å². The quantitative estimate of drug-likeness (QED) is 0.279. The first-order valence-corrected chi connectivity index (χ1v) is 12.9. The van der Waals surface area contributed by atoms with Crippen LogP contribution in [0, 0.1) is 0 Å². The summed E-state index contributed by atoms with van der Waals surface area (Å²) < 4.78 is 12.8. The fraction of sp³-hybridized carbons (Fsp3) is 0.259. The second kappa shape index (κ2) is 10.7. The number of imide groups is 1. The van der Waals surface area contributed by atoms with Gasteiger partial charge in [-0.25, -0.2) is 0 Å². The molecule has 176 valence electrons. The van der Waals surface area contributed by atoms with Crippen molar-refractivity contribution in [2.24, 2.45) is 0 Å². The van der Waals surface area contributed by atoms with Crippen molar-refractivity contribution in [1.82, 2.24) is 4.90 Å². The molecule has 1 fully saturated rings. The van der Waals surface area contributed by atoms with Crippen LogP contribution in [0.1, 0.15) is 38.3 Å². The first-order valence-electron chi connectivity index (χ1n) is 11.3. The van der Waals surface area contributed by atoms with Gasteiger partial charge in [0.2, 0.25) is 0 Å². The number of benzene rings is 3. The van der Waals surface area contributed by atoms with Gasteiger partial charge in [-0.05, 0) is 72.1 Å². The molecule has 0 unspecified atom stereocenters. The minimum Gasteiger partial charge on any atom is -0.490 e. The maximum atomic E-state index is 12.8. The third-order valence-corrected chi connectivity index (χ3v) is 7.34. The summed E-state index contributed by atoms with van der Waals surface area (Å²) in [7, 11) is 0. The Labute approximate surface area is 212 Å². The lowest BCUT2D eigenvalue weighted by atomic mass is 10.1. The van der Waals surface area contributed by atoms with Crippen molar-refractivity contribution >= 4 is 55.7 Å². The van der Waals surface area contributed by atoms with Crippen LogP contribution in [0.15, 0.2) is 64.0 Å². The van der Waals surface area contributed by atoms with E-state index in [1.54, 1.807) is 6.08 Å². The second-order valence-corrected chi connectivity index (χ2v) is 9.84. The van der Waals surface area contributed by atoms with Gasteiger partial charge >= 0.3 is 0 Å². The molecule has 1 aliphatic rings. The first-order chi connectivity index (χ1) is 16.4. The molecule has 0 spiro atoms. The lowest BCUT2D eigenvalue weighted by Crippen LogP contribution is -2.36. The number of rotatable bonds is 8. The van der Waals surface area contributed by atoms with Crippen LogP contribution in [0.2, 0.25) is 0 Å². The van der Waals surface area contributed by atoms with Crippen molar-refractivity contribution in [3.8, 4) is 11.5 Å². The third kappa shape index (κ3) is 5.00. The predicted octanol–water partition coefficient (Wildman–Crippen LogP) is 7.41. The van der Waals surface area contributed by atoms with Crippen LogP contribution >= 0.6 is 27.7 Å². The normalized spacial score (nSPS) is 15.9. The van der Waals surface area contributed by atoms with Gasteiger partial charge in [-0.1, -0.05) is 65.3 Å². The average Bonchev–Trinajstić information content (AvgIpc) is 3.12. The van der Waals surface area contributed by atoms with E-state index in [9.17, 15) is 9.59 Å². The van der Waals surface area contributed by atoms with E-state index >= 15 is 0 Å². The molecule has 1 atom stereocenters. The highest BCUT2D eigenvalue weighted by Crippen LogP contribution is 2.39. The number of amides is 2. The highest BCUT2D eigenvalue weighted by Gasteiger charge is 2.37. The van der Waals surface area contributed by atoms with E-state index in [1.807, 2.05) is 51.1 Å². The molecule has 0 radical (unpaired) electrons. The molecular formula is C27H26BrNO4S. The Hall–Kier alpha value is -2.77. The van der Waals surface area contributed by atoms with Crippen LogP contribution in [-0.2, 0) is 11.4 Å². The average molecular weight is 540 g/mol. The van der Waals surface area contributed by atoms with Gasteiger partial charge in [0.25, 0.3) is 11.1 Å². The van der Waals surface area contributed by atoms with Gasteiger partial charge in [-0.2, -0.15) is 0 Å². The van der Waals surface area contributed by atoms with Crippen molar-refractivity contribution in [3.63, 3.8) is 0 Å². The molecule has 3 aromatic rings. The van der Waals surface area contributed by atoms with Crippen molar-refractivity contribution in [2.45, 2.75) is 39.8 Å². The number of nitrogens with zero attached hydrogens (tertiary/aromatic N) is 1. The minimum absolute atomic E-state index is 0.134. The number of hydrogen-bond acceptors (Lipinski definition) is 5. The lowest BCUT2D eigenvalue weighted by Gasteiger charge is -2.19. The van der Waals surface area contributed by atoms with E-state index in [0.29, 0.717) is 36.0 Å². The number of hydrogen-bond donors (Lipinski definition) is 0. The second-order valence-electron chi connectivity index (χ2n) is 7.99. The summed E-state index contributed by atoms with van der Waals surface area (Å²) in [5, 5.41) is 2.08. The van der Waals surface area contributed by atoms with Crippen molar-refractivity contribution in [3.05, 3.63) is 75.1 Å². The molecule has 0 N–H and O–H groups in total. The van der Waals surface area contributed by atoms with Crippen LogP contribution < -0.4 is 9.47 Å². The van der Waals surface area contributed by atoms with Crippen LogP contribution in [0.4, 0.5) is 4.79 Å². The van der Waals surface area contributed by atoms with Crippen LogP contribution in [0.3, 0.4) is 0 Å². The largest absolute Gasteiger partial charge is 0.490 e.